The highest BCUT2D eigenvalue weighted by atomic mass is 28.3. The number of nitrogen functional groups attached to an aromatic ring is 1. The first-order valence-corrected chi connectivity index (χ1v) is 17.3. The molecule has 0 radical (unpaired) electrons. The largest absolute Gasteiger partial charge is 0.481 e. The molecule has 0 aliphatic carbocycles. The Morgan fingerprint density at radius 1 is 1.12 bits per heavy atom. The number of nitrogens with zero attached hydrogens (tertiary/aromatic N) is 2. The molecule has 0 spiro atoms. The van der Waals surface area contributed by atoms with E-state index < -0.39 is 32.3 Å². The van der Waals surface area contributed by atoms with Gasteiger partial charge in [-0.3, -0.25) is 10.1 Å². The molecule has 1 aromatic carbocycles. The second-order valence-electron chi connectivity index (χ2n) is 10.6. The van der Waals surface area contributed by atoms with Gasteiger partial charge in [0.1, 0.15) is 18.6 Å². The van der Waals surface area contributed by atoms with Crippen LogP contribution in [0.15, 0.2) is 24.4 Å². The van der Waals surface area contributed by atoms with E-state index in [2.05, 4.69) is 35.0 Å². The van der Waals surface area contributed by atoms with Crippen LogP contribution in [0.4, 0.5) is 21.0 Å². The Morgan fingerprint density at radius 3 is 2.51 bits per heavy atom. The summed E-state index contributed by atoms with van der Waals surface area (Å²) in [5.41, 5.74) is 8.23. The molecule has 13 nitrogen and oxygen atoms in total. The van der Waals surface area contributed by atoms with Gasteiger partial charge in [-0.05, 0) is 30.7 Å². The molecule has 0 aliphatic heterocycles. The maximum Gasteiger partial charge on any atom is 0.411 e. The van der Waals surface area contributed by atoms with Crippen LogP contribution in [0, 0.1) is 0 Å². The van der Waals surface area contributed by atoms with E-state index in [4.69, 9.17) is 30.0 Å². The Morgan fingerprint density at radius 2 is 1.88 bits per heavy atom. The highest BCUT2D eigenvalue weighted by Gasteiger charge is 2.24. The number of ether oxygens (including phenoxy) is 4. The second-order valence-corrected chi connectivity index (χ2v) is 16.2. The second kappa shape index (κ2) is 16.6. The Hall–Kier alpha value is -3.62. The number of carbonyl (C=O) groups excluding carboxylic acids is 2. The highest BCUT2D eigenvalue weighted by Crippen LogP contribution is 2.30. The van der Waals surface area contributed by atoms with Gasteiger partial charge in [-0.15, -0.1) is 0 Å². The lowest BCUT2D eigenvalue weighted by Crippen LogP contribution is -2.34. The molecule has 2 aromatic rings. The smallest absolute Gasteiger partial charge is 0.411 e. The number of imidazole rings is 1. The lowest BCUT2D eigenvalue weighted by molar-refractivity contribution is -0.138. The fraction of sp³-hybridized carbons (Fsp3) is 0.556. The van der Waals surface area contributed by atoms with Crippen LogP contribution >= 0.6 is 0 Å². The van der Waals surface area contributed by atoms with Gasteiger partial charge in [0.05, 0.1) is 39.0 Å². The molecule has 14 heteroatoms. The Bertz CT molecular complexity index is 1150. The number of anilines is 2. The zero-order valence-corrected chi connectivity index (χ0v) is 25.5. The standard InChI is InChI=1S/C27H43N5O8Si/c1-6-7-11-40-27(36)31-23(17-38-12-10-24(33)34)25-30-22(16-32(25)18-39-13-14-41(3,4)5)20-9-8-19(15-21(20)28)29-26(35)37-2/h8-9,15-16,23H,6-7,10-14,17-18,28H2,1-5H3,(H,29,35)(H,31,36)(H,33,34)/t23-/m0/s1. The number of rotatable bonds is 17. The maximum atomic E-state index is 12.6. The Labute approximate surface area is 241 Å². The van der Waals surface area contributed by atoms with Crippen LogP contribution in [-0.2, 0) is 30.5 Å². The summed E-state index contributed by atoms with van der Waals surface area (Å²) in [4.78, 5) is 39.9. The average Bonchev–Trinajstić information content (AvgIpc) is 3.31. The summed E-state index contributed by atoms with van der Waals surface area (Å²) in [6.07, 6.45) is 1.90. The topological polar surface area (TPSA) is 176 Å². The van der Waals surface area contributed by atoms with Gasteiger partial charge in [0, 0.05) is 37.8 Å². The molecule has 0 aliphatic rings. The number of carboxylic acid groups (broad SMARTS) is 1. The SMILES string of the molecule is CCCCOC(=O)N[C@@H](COCCC(=O)O)c1nc(-c2ccc(NC(=O)OC)cc2N)cn1COCC[Si](C)(C)C. The number of nitrogens with two attached hydrogens (primary N) is 1. The molecule has 1 heterocycles. The lowest BCUT2D eigenvalue weighted by Gasteiger charge is -2.20. The summed E-state index contributed by atoms with van der Waals surface area (Å²) >= 11 is 0. The van der Waals surface area contributed by atoms with E-state index in [1.165, 1.54) is 7.11 Å². The van der Waals surface area contributed by atoms with Gasteiger partial charge in [0.15, 0.2) is 0 Å². The summed E-state index contributed by atoms with van der Waals surface area (Å²) in [5.74, 6) is -0.569. The van der Waals surface area contributed by atoms with Gasteiger partial charge in [0.25, 0.3) is 0 Å². The number of hydrogen-bond donors (Lipinski definition) is 4. The van der Waals surface area contributed by atoms with Crippen molar-refractivity contribution in [3.05, 3.63) is 30.2 Å². The number of unbranched alkanes of at least 4 members (excludes halogenated alkanes) is 1. The maximum absolute atomic E-state index is 12.6. The third-order valence-corrected chi connectivity index (χ3v) is 7.58. The minimum atomic E-state index is -1.32. The predicted octanol–water partition coefficient (Wildman–Crippen LogP) is 4.68. The number of methoxy groups -OCH3 is 1. The van der Waals surface area contributed by atoms with Crippen molar-refractivity contribution in [1.82, 2.24) is 14.9 Å². The van der Waals surface area contributed by atoms with Crippen LogP contribution in [0.1, 0.15) is 38.1 Å². The number of nitrogens with one attached hydrogen (secondary N) is 2. The van der Waals surface area contributed by atoms with E-state index >= 15 is 0 Å². The van der Waals surface area contributed by atoms with Crippen LogP contribution in [0.3, 0.4) is 0 Å². The minimum Gasteiger partial charge on any atom is -0.481 e. The molecule has 0 bridgehead atoms. The zero-order valence-electron chi connectivity index (χ0n) is 24.5. The molecular formula is C27H43N5O8Si. The van der Waals surface area contributed by atoms with E-state index in [0.717, 1.165) is 18.9 Å². The van der Waals surface area contributed by atoms with Crippen molar-refractivity contribution >= 4 is 37.6 Å². The number of alkyl carbamates (subject to hydrolysis) is 1. The van der Waals surface area contributed by atoms with Crippen molar-refractivity contribution in [2.45, 2.75) is 64.6 Å². The third-order valence-electron chi connectivity index (χ3n) is 5.87. The molecule has 1 atom stereocenters. The van der Waals surface area contributed by atoms with E-state index in [1.54, 1.807) is 29.0 Å². The van der Waals surface area contributed by atoms with Crippen LogP contribution in [0.25, 0.3) is 11.3 Å². The first-order valence-electron chi connectivity index (χ1n) is 13.6. The number of aliphatic carboxylic acids is 1. The van der Waals surface area contributed by atoms with E-state index in [-0.39, 0.29) is 33.0 Å². The van der Waals surface area contributed by atoms with Crippen LogP contribution in [-0.4, -0.2) is 74.4 Å². The van der Waals surface area contributed by atoms with E-state index in [1.807, 2.05) is 6.92 Å². The van der Waals surface area contributed by atoms with E-state index in [9.17, 15) is 14.4 Å². The normalized spacial score (nSPS) is 12.0. The fourth-order valence-electron chi connectivity index (χ4n) is 3.56. The van der Waals surface area contributed by atoms with Gasteiger partial charge >= 0.3 is 18.2 Å². The summed E-state index contributed by atoms with van der Waals surface area (Å²) < 4.78 is 23.3. The summed E-state index contributed by atoms with van der Waals surface area (Å²) in [6, 6.07) is 5.17. The number of carboxylic acids is 1. The van der Waals surface area contributed by atoms with Crippen molar-refractivity contribution < 1.29 is 38.4 Å². The van der Waals surface area contributed by atoms with Crippen LogP contribution < -0.4 is 16.4 Å². The zero-order chi connectivity index (χ0) is 30.4. The number of benzene rings is 1. The molecule has 2 amide bonds. The predicted molar refractivity (Wildman–Crippen MR) is 157 cm³/mol. The quantitative estimate of drug-likeness (QED) is 0.114. The average molecular weight is 594 g/mol. The van der Waals surface area contributed by atoms with Gasteiger partial charge in [0.2, 0.25) is 0 Å². The summed E-state index contributed by atoms with van der Waals surface area (Å²) in [6.45, 7) is 9.67. The first-order chi connectivity index (χ1) is 19.4. The van der Waals surface area contributed by atoms with Gasteiger partial charge < -0.3 is 39.7 Å². The molecule has 41 heavy (non-hydrogen) atoms. The van der Waals surface area contributed by atoms with Crippen molar-refractivity contribution in [1.29, 1.82) is 0 Å². The monoisotopic (exact) mass is 593 g/mol. The molecule has 0 saturated carbocycles. The van der Waals surface area contributed by atoms with Crippen molar-refractivity contribution in [2.24, 2.45) is 0 Å². The third kappa shape index (κ3) is 12.2. The first kappa shape index (κ1) is 33.6. The number of hydrogen-bond acceptors (Lipinski definition) is 9. The van der Waals surface area contributed by atoms with Crippen molar-refractivity contribution in [2.75, 3.05) is 44.6 Å². The minimum absolute atomic E-state index is 0.0414. The van der Waals surface area contributed by atoms with Crippen LogP contribution in [0.5, 0.6) is 0 Å². The van der Waals surface area contributed by atoms with E-state index in [0.29, 0.717) is 35.1 Å². The Balaban J connectivity index is 2.39. The van der Waals surface area contributed by atoms with Crippen LogP contribution in [0.2, 0.25) is 25.7 Å². The molecule has 0 fully saturated rings. The summed E-state index contributed by atoms with van der Waals surface area (Å²) in [5, 5.41) is 14.3. The molecule has 228 valence electrons. The fourth-order valence-corrected chi connectivity index (χ4v) is 4.32. The lowest BCUT2D eigenvalue weighted by atomic mass is 10.1. The number of amides is 2. The molecule has 1 aromatic heterocycles. The number of carbonyl (C=O) groups is 3. The molecule has 2 rings (SSSR count). The Kier molecular flexibility index (Phi) is 13.6. The van der Waals surface area contributed by atoms with Gasteiger partial charge in [-0.25, -0.2) is 14.6 Å². The molecular weight excluding hydrogens is 550 g/mol. The molecule has 5 N–H and O–H groups in total. The van der Waals surface area contributed by atoms with Crippen molar-refractivity contribution in [3.63, 3.8) is 0 Å². The molecule has 0 saturated heterocycles. The summed E-state index contributed by atoms with van der Waals surface area (Å²) in [7, 11) is -0.0553. The van der Waals surface area contributed by atoms with Crippen molar-refractivity contribution in [3.8, 4) is 11.3 Å². The van der Waals surface area contributed by atoms with Gasteiger partial charge in [-0.2, -0.15) is 0 Å². The number of aromatic nitrogens is 2. The highest BCUT2D eigenvalue weighted by molar-refractivity contribution is 6.76. The van der Waals surface area contributed by atoms with Gasteiger partial charge in [-0.1, -0.05) is 33.0 Å². The molecule has 0 unspecified atom stereocenters.